The van der Waals surface area contributed by atoms with Gasteiger partial charge in [0.15, 0.2) is 17.5 Å². The largest absolute Gasteiger partial charge is 0.456 e. The van der Waals surface area contributed by atoms with Crippen LogP contribution < -0.4 is 0 Å². The van der Waals surface area contributed by atoms with Gasteiger partial charge in [-0.2, -0.15) is 0 Å². The van der Waals surface area contributed by atoms with Crippen molar-refractivity contribution < 1.29 is 4.42 Å². The molecule has 0 saturated heterocycles. The van der Waals surface area contributed by atoms with Crippen molar-refractivity contribution in [3.63, 3.8) is 0 Å². The fourth-order valence-corrected chi connectivity index (χ4v) is 7.09. The summed E-state index contributed by atoms with van der Waals surface area (Å²) in [7, 11) is 0. The first-order valence-corrected chi connectivity index (χ1v) is 15.8. The Balaban J connectivity index is 1.26. The second kappa shape index (κ2) is 10.1. The zero-order valence-corrected chi connectivity index (χ0v) is 25.2. The molecule has 10 aromatic rings. The number of aromatic nitrogens is 3. The van der Waals surface area contributed by atoms with Gasteiger partial charge in [-0.1, -0.05) is 127 Å². The van der Waals surface area contributed by atoms with Crippen molar-refractivity contribution in [3.05, 3.63) is 152 Å². The Morgan fingerprint density at radius 1 is 0.340 bits per heavy atom. The van der Waals surface area contributed by atoms with Crippen LogP contribution in [0.3, 0.4) is 0 Å². The normalized spacial score (nSPS) is 11.8. The predicted octanol–water partition coefficient (Wildman–Crippen LogP) is 11.4. The molecule has 218 valence electrons. The van der Waals surface area contributed by atoms with Crippen molar-refractivity contribution >= 4 is 65.0 Å². The molecule has 0 unspecified atom stereocenters. The average Bonchev–Trinajstić information content (AvgIpc) is 3.53. The van der Waals surface area contributed by atoms with E-state index < -0.39 is 0 Å². The van der Waals surface area contributed by atoms with Crippen LogP contribution in [-0.2, 0) is 0 Å². The van der Waals surface area contributed by atoms with Gasteiger partial charge in [0.05, 0.1) is 0 Å². The summed E-state index contributed by atoms with van der Waals surface area (Å²) in [5.41, 5.74) is 4.44. The van der Waals surface area contributed by atoms with Gasteiger partial charge >= 0.3 is 0 Å². The topological polar surface area (TPSA) is 51.8 Å². The van der Waals surface area contributed by atoms with Gasteiger partial charge in [0.1, 0.15) is 11.2 Å². The third-order valence-electron chi connectivity index (χ3n) is 9.29. The molecule has 0 saturated carbocycles. The van der Waals surface area contributed by atoms with Crippen molar-refractivity contribution in [2.45, 2.75) is 0 Å². The fourth-order valence-electron chi connectivity index (χ4n) is 7.09. The lowest BCUT2D eigenvalue weighted by Crippen LogP contribution is -2.00. The number of nitrogens with zero attached hydrogens (tertiary/aromatic N) is 3. The highest BCUT2D eigenvalue weighted by Crippen LogP contribution is 2.39. The molecule has 2 heterocycles. The van der Waals surface area contributed by atoms with Crippen LogP contribution >= 0.6 is 0 Å². The van der Waals surface area contributed by atoms with Gasteiger partial charge in [0.25, 0.3) is 0 Å². The van der Waals surface area contributed by atoms with Crippen LogP contribution in [0.5, 0.6) is 0 Å². The molecule has 0 spiro atoms. The maximum absolute atomic E-state index is 6.25. The highest BCUT2D eigenvalue weighted by molar-refractivity contribution is 6.25. The molecule has 0 fully saturated rings. The second-order valence-corrected chi connectivity index (χ2v) is 12.0. The van der Waals surface area contributed by atoms with Crippen LogP contribution in [0, 0.1) is 0 Å². The van der Waals surface area contributed by atoms with Crippen LogP contribution in [0.4, 0.5) is 0 Å². The smallest absolute Gasteiger partial charge is 0.164 e. The van der Waals surface area contributed by atoms with E-state index in [9.17, 15) is 0 Å². The van der Waals surface area contributed by atoms with E-state index in [4.69, 9.17) is 19.4 Å². The number of fused-ring (bicyclic) bond motifs is 10. The summed E-state index contributed by atoms with van der Waals surface area (Å²) in [5.74, 6) is 1.87. The summed E-state index contributed by atoms with van der Waals surface area (Å²) >= 11 is 0. The molecule has 0 radical (unpaired) electrons. The molecule has 10 rings (SSSR count). The second-order valence-electron chi connectivity index (χ2n) is 12.0. The highest BCUT2D eigenvalue weighted by atomic mass is 16.3. The van der Waals surface area contributed by atoms with E-state index >= 15 is 0 Å². The minimum absolute atomic E-state index is 0.610. The van der Waals surface area contributed by atoms with E-state index in [1.807, 2.05) is 30.3 Å². The summed E-state index contributed by atoms with van der Waals surface area (Å²) in [6.07, 6.45) is 0. The maximum Gasteiger partial charge on any atom is 0.164 e. The van der Waals surface area contributed by atoms with Crippen molar-refractivity contribution in [2.24, 2.45) is 0 Å². The Hall–Kier alpha value is -6.39. The third-order valence-corrected chi connectivity index (χ3v) is 9.29. The molecular formula is C43H25N3O. The number of hydrogen-bond acceptors (Lipinski definition) is 4. The van der Waals surface area contributed by atoms with Gasteiger partial charge in [-0.05, 0) is 67.4 Å². The minimum atomic E-state index is 0.610. The first kappa shape index (κ1) is 25.9. The number of rotatable bonds is 3. The summed E-state index contributed by atoms with van der Waals surface area (Å²) < 4.78 is 6.25. The molecule has 0 aliphatic heterocycles. The zero-order chi connectivity index (χ0) is 30.9. The molecule has 0 bridgehead atoms. The minimum Gasteiger partial charge on any atom is -0.456 e. The Morgan fingerprint density at radius 3 is 1.62 bits per heavy atom. The molecule has 4 heteroatoms. The maximum atomic E-state index is 6.25. The van der Waals surface area contributed by atoms with E-state index in [-0.39, 0.29) is 0 Å². The fraction of sp³-hybridized carbons (Fsp3) is 0. The van der Waals surface area contributed by atoms with E-state index in [2.05, 4.69) is 121 Å². The number of benzene rings is 8. The molecule has 0 aliphatic carbocycles. The first-order valence-electron chi connectivity index (χ1n) is 15.8. The molecule has 0 amide bonds. The first-order chi connectivity index (χ1) is 23.3. The summed E-state index contributed by atoms with van der Waals surface area (Å²) in [6, 6.07) is 52.8. The summed E-state index contributed by atoms with van der Waals surface area (Å²) in [4.78, 5) is 15.5. The van der Waals surface area contributed by atoms with E-state index in [0.29, 0.717) is 17.5 Å². The van der Waals surface area contributed by atoms with Gasteiger partial charge in [0, 0.05) is 27.5 Å². The highest BCUT2D eigenvalue weighted by Gasteiger charge is 2.18. The Bertz CT molecular complexity index is 2830. The van der Waals surface area contributed by atoms with Crippen LogP contribution in [0.15, 0.2) is 156 Å². The lowest BCUT2D eigenvalue weighted by atomic mass is 9.93. The van der Waals surface area contributed by atoms with Gasteiger partial charge < -0.3 is 4.42 Å². The van der Waals surface area contributed by atoms with Crippen molar-refractivity contribution in [1.82, 2.24) is 15.0 Å². The number of furan rings is 1. The van der Waals surface area contributed by atoms with E-state index in [1.165, 1.54) is 37.7 Å². The van der Waals surface area contributed by atoms with Gasteiger partial charge in [0.2, 0.25) is 0 Å². The van der Waals surface area contributed by atoms with Crippen molar-refractivity contribution in [2.75, 3.05) is 0 Å². The number of para-hydroxylation sites is 1. The van der Waals surface area contributed by atoms with Crippen LogP contribution in [0.2, 0.25) is 0 Å². The lowest BCUT2D eigenvalue weighted by Gasteiger charge is -2.13. The molecule has 8 aromatic carbocycles. The quantitative estimate of drug-likeness (QED) is 0.190. The van der Waals surface area contributed by atoms with Crippen molar-refractivity contribution in [1.29, 1.82) is 0 Å². The Kier molecular flexibility index (Phi) is 5.54. The Labute approximate surface area is 269 Å². The summed E-state index contributed by atoms with van der Waals surface area (Å²) in [5, 5.41) is 11.7. The van der Waals surface area contributed by atoms with Crippen molar-refractivity contribution in [3.8, 4) is 34.2 Å². The van der Waals surface area contributed by atoms with Gasteiger partial charge in [-0.3, -0.25) is 0 Å². The standard InChI is InChI=1S/C43H25N3O/c1-2-11-27-24-28(21-20-26(27)10-1)41-44-42(46-43(45-41)36-17-9-19-39-40(36)35-16-7-8-18-38(35)47-39)29-22-23-34-32-14-4-3-12-30(32)31-13-5-6-15-33(31)37(34)25-29/h1-25H. The predicted molar refractivity (Wildman–Crippen MR) is 193 cm³/mol. The lowest BCUT2D eigenvalue weighted by molar-refractivity contribution is 0.669. The van der Waals surface area contributed by atoms with E-state index in [0.717, 1.165) is 44.0 Å². The van der Waals surface area contributed by atoms with Gasteiger partial charge in [-0.25, -0.2) is 15.0 Å². The molecule has 47 heavy (non-hydrogen) atoms. The molecule has 0 N–H and O–H groups in total. The Morgan fingerprint density at radius 2 is 0.872 bits per heavy atom. The SMILES string of the molecule is c1ccc2cc(-c3nc(-c4ccc5c6ccccc6c6ccccc6c5c4)nc(-c4cccc5oc6ccccc6c45)n3)ccc2c1. The molecule has 0 aliphatic rings. The van der Waals surface area contributed by atoms with Crippen LogP contribution in [0.1, 0.15) is 0 Å². The third kappa shape index (κ3) is 4.05. The monoisotopic (exact) mass is 599 g/mol. The number of hydrogen-bond donors (Lipinski definition) is 0. The summed E-state index contributed by atoms with van der Waals surface area (Å²) in [6.45, 7) is 0. The van der Waals surface area contributed by atoms with Crippen LogP contribution in [-0.4, -0.2) is 15.0 Å². The molecule has 0 atom stereocenters. The van der Waals surface area contributed by atoms with Gasteiger partial charge in [-0.15, -0.1) is 0 Å². The molecule has 2 aromatic heterocycles. The molecular weight excluding hydrogens is 574 g/mol. The molecule has 4 nitrogen and oxygen atoms in total. The van der Waals surface area contributed by atoms with Crippen LogP contribution in [0.25, 0.3) is 99.2 Å². The van der Waals surface area contributed by atoms with E-state index in [1.54, 1.807) is 0 Å². The zero-order valence-electron chi connectivity index (χ0n) is 25.2. The average molecular weight is 600 g/mol.